The highest BCUT2D eigenvalue weighted by molar-refractivity contribution is 7.92. The molecule has 0 aliphatic carbocycles. The fourth-order valence-electron chi connectivity index (χ4n) is 2.79. The number of hydrogen-bond donors (Lipinski definition) is 0. The van der Waals surface area contributed by atoms with Crippen LogP contribution in [0, 0.1) is 0 Å². The molecular formula is C18H19NO5S. The van der Waals surface area contributed by atoms with Crippen molar-refractivity contribution in [2.75, 3.05) is 24.6 Å². The van der Waals surface area contributed by atoms with E-state index >= 15 is 0 Å². The summed E-state index contributed by atoms with van der Waals surface area (Å²) in [6, 6.07) is 11.1. The lowest BCUT2D eigenvalue weighted by molar-refractivity contribution is 0.0982. The Kier molecular flexibility index (Phi) is 4.67. The van der Waals surface area contributed by atoms with Gasteiger partial charge in [0.25, 0.3) is 10.0 Å². The number of sulfonamides is 1. The molecule has 0 unspecified atom stereocenters. The average Bonchev–Trinajstić information content (AvgIpc) is 2.62. The number of hydrogen-bond acceptors (Lipinski definition) is 5. The molecule has 0 bridgehead atoms. The van der Waals surface area contributed by atoms with Crippen molar-refractivity contribution in [2.45, 2.75) is 18.2 Å². The molecule has 132 valence electrons. The van der Waals surface area contributed by atoms with Gasteiger partial charge in [-0.3, -0.25) is 9.10 Å². The van der Waals surface area contributed by atoms with Crippen LogP contribution in [0.25, 0.3) is 0 Å². The molecule has 3 rings (SSSR count). The molecule has 0 amide bonds. The van der Waals surface area contributed by atoms with Crippen molar-refractivity contribution in [2.24, 2.45) is 0 Å². The summed E-state index contributed by atoms with van der Waals surface area (Å²) in [4.78, 5) is 12.3. The molecule has 0 spiro atoms. The van der Waals surface area contributed by atoms with E-state index in [4.69, 9.17) is 9.47 Å². The molecule has 0 fully saturated rings. The molecule has 1 aliphatic rings. The number of Topliss-reactive ketones (excluding diaryl/α,β-unsaturated/α-hetero) is 1. The molecular weight excluding hydrogens is 342 g/mol. The maximum absolute atomic E-state index is 13.1. The molecule has 0 atom stereocenters. The highest BCUT2D eigenvalue weighted by Gasteiger charge is 2.32. The Balaban J connectivity index is 2.03. The van der Waals surface area contributed by atoms with Crippen molar-refractivity contribution in [3.8, 4) is 11.5 Å². The van der Waals surface area contributed by atoms with Gasteiger partial charge in [0.05, 0.1) is 24.3 Å². The number of ether oxygens (including phenoxy) is 2. The van der Waals surface area contributed by atoms with E-state index in [1.54, 1.807) is 30.3 Å². The van der Waals surface area contributed by atoms with E-state index in [1.807, 2.05) is 6.92 Å². The SMILES string of the molecule is CCOc1ccc(S(=O)(=O)N2CCC(=O)c3ccc(OC)cc32)cc1. The van der Waals surface area contributed by atoms with E-state index in [0.717, 1.165) is 0 Å². The largest absolute Gasteiger partial charge is 0.497 e. The molecule has 1 heterocycles. The Labute approximate surface area is 147 Å². The number of benzene rings is 2. The van der Waals surface area contributed by atoms with Gasteiger partial charge in [-0.25, -0.2) is 8.42 Å². The summed E-state index contributed by atoms with van der Waals surface area (Å²) in [6.45, 7) is 2.47. The van der Waals surface area contributed by atoms with Gasteiger partial charge in [-0.15, -0.1) is 0 Å². The highest BCUT2D eigenvalue weighted by Crippen LogP contribution is 2.35. The van der Waals surface area contributed by atoms with Crippen molar-refractivity contribution in [3.05, 3.63) is 48.0 Å². The summed E-state index contributed by atoms with van der Waals surface area (Å²) in [5.74, 6) is 1.04. The van der Waals surface area contributed by atoms with Crippen LogP contribution in [0.1, 0.15) is 23.7 Å². The summed E-state index contributed by atoms with van der Waals surface area (Å²) in [6.07, 6.45) is 0.148. The highest BCUT2D eigenvalue weighted by atomic mass is 32.2. The number of ketones is 1. The summed E-state index contributed by atoms with van der Waals surface area (Å²) in [5.41, 5.74) is 0.742. The fourth-order valence-corrected chi connectivity index (χ4v) is 4.27. The third-order valence-corrected chi connectivity index (χ3v) is 5.87. The topological polar surface area (TPSA) is 72.9 Å². The maximum atomic E-state index is 13.1. The smallest absolute Gasteiger partial charge is 0.264 e. The van der Waals surface area contributed by atoms with Crippen LogP contribution < -0.4 is 13.8 Å². The normalized spacial score (nSPS) is 14.2. The lowest BCUT2D eigenvalue weighted by Gasteiger charge is -2.30. The summed E-state index contributed by atoms with van der Waals surface area (Å²) in [7, 11) is -2.29. The molecule has 25 heavy (non-hydrogen) atoms. The van der Waals surface area contributed by atoms with Gasteiger partial charge < -0.3 is 9.47 Å². The monoisotopic (exact) mass is 361 g/mol. The first kappa shape index (κ1) is 17.3. The molecule has 0 radical (unpaired) electrons. The Morgan fingerprint density at radius 2 is 1.76 bits per heavy atom. The second-order valence-electron chi connectivity index (χ2n) is 5.54. The minimum atomic E-state index is -3.79. The molecule has 0 saturated carbocycles. The van der Waals surface area contributed by atoms with E-state index < -0.39 is 10.0 Å². The zero-order valence-electron chi connectivity index (χ0n) is 14.1. The molecule has 0 aromatic heterocycles. The van der Waals surface area contributed by atoms with Crippen LogP contribution >= 0.6 is 0 Å². The Hall–Kier alpha value is -2.54. The lowest BCUT2D eigenvalue weighted by atomic mass is 10.0. The van der Waals surface area contributed by atoms with Crippen molar-refractivity contribution in [3.63, 3.8) is 0 Å². The van der Waals surface area contributed by atoms with Crippen LogP contribution in [0.3, 0.4) is 0 Å². The van der Waals surface area contributed by atoms with Crippen molar-refractivity contribution < 1.29 is 22.7 Å². The Morgan fingerprint density at radius 3 is 2.40 bits per heavy atom. The van der Waals surface area contributed by atoms with E-state index in [0.29, 0.717) is 29.4 Å². The number of rotatable bonds is 5. The van der Waals surface area contributed by atoms with E-state index in [1.165, 1.54) is 23.5 Å². The van der Waals surface area contributed by atoms with Gasteiger partial charge in [0.15, 0.2) is 5.78 Å². The number of nitrogens with zero attached hydrogens (tertiary/aromatic N) is 1. The quantitative estimate of drug-likeness (QED) is 0.819. The van der Waals surface area contributed by atoms with Crippen LogP contribution in [0.15, 0.2) is 47.4 Å². The van der Waals surface area contributed by atoms with Gasteiger partial charge in [-0.05, 0) is 43.3 Å². The minimum Gasteiger partial charge on any atom is -0.497 e. The third kappa shape index (κ3) is 3.19. The number of fused-ring (bicyclic) bond motifs is 1. The first-order chi connectivity index (χ1) is 12.0. The van der Waals surface area contributed by atoms with Gasteiger partial charge in [-0.1, -0.05) is 0 Å². The second-order valence-corrected chi connectivity index (χ2v) is 7.40. The molecule has 2 aromatic carbocycles. The Bertz CT molecular complexity index is 890. The second kappa shape index (κ2) is 6.76. The number of methoxy groups -OCH3 is 1. The van der Waals surface area contributed by atoms with Gasteiger partial charge >= 0.3 is 0 Å². The number of anilines is 1. The fraction of sp³-hybridized carbons (Fsp3) is 0.278. The number of carbonyl (C=O) groups is 1. The molecule has 1 aliphatic heterocycles. The van der Waals surface area contributed by atoms with Crippen LogP contribution in [0.4, 0.5) is 5.69 Å². The molecule has 6 nitrogen and oxygen atoms in total. The maximum Gasteiger partial charge on any atom is 0.264 e. The van der Waals surface area contributed by atoms with Gasteiger partial charge in [0.2, 0.25) is 0 Å². The minimum absolute atomic E-state index is 0.0733. The van der Waals surface area contributed by atoms with E-state index in [-0.39, 0.29) is 23.6 Å². The van der Waals surface area contributed by atoms with Crippen LogP contribution in [-0.2, 0) is 10.0 Å². The lowest BCUT2D eigenvalue weighted by Crippen LogP contribution is -2.37. The predicted octanol–water partition coefficient (Wildman–Crippen LogP) is 2.88. The van der Waals surface area contributed by atoms with Crippen LogP contribution in [-0.4, -0.2) is 34.5 Å². The van der Waals surface area contributed by atoms with Gasteiger partial charge in [0.1, 0.15) is 11.5 Å². The van der Waals surface area contributed by atoms with Crippen LogP contribution in [0.5, 0.6) is 11.5 Å². The van der Waals surface area contributed by atoms with E-state index in [9.17, 15) is 13.2 Å². The summed E-state index contributed by atoms with van der Waals surface area (Å²) >= 11 is 0. The van der Waals surface area contributed by atoms with Crippen molar-refractivity contribution in [1.29, 1.82) is 0 Å². The first-order valence-corrected chi connectivity index (χ1v) is 9.38. The zero-order chi connectivity index (χ0) is 18.0. The molecule has 0 saturated heterocycles. The Morgan fingerprint density at radius 1 is 1.08 bits per heavy atom. The van der Waals surface area contributed by atoms with Crippen LogP contribution in [0.2, 0.25) is 0 Å². The molecule has 0 N–H and O–H groups in total. The first-order valence-electron chi connectivity index (χ1n) is 7.94. The van der Waals surface area contributed by atoms with Crippen molar-refractivity contribution >= 4 is 21.5 Å². The average molecular weight is 361 g/mol. The molecule has 7 heteroatoms. The van der Waals surface area contributed by atoms with E-state index in [2.05, 4.69) is 0 Å². The zero-order valence-corrected chi connectivity index (χ0v) is 14.9. The standard InChI is InChI=1S/C18H19NO5S/c1-3-24-13-4-7-15(8-5-13)25(21,22)19-11-10-18(20)16-9-6-14(23-2)12-17(16)19/h4-9,12H,3,10-11H2,1-2H3. The van der Waals surface area contributed by atoms with Crippen molar-refractivity contribution in [1.82, 2.24) is 0 Å². The summed E-state index contributed by atoms with van der Waals surface area (Å²) in [5, 5.41) is 0. The summed E-state index contributed by atoms with van der Waals surface area (Å²) < 4.78 is 37.9. The third-order valence-electron chi connectivity index (χ3n) is 4.04. The predicted molar refractivity (Wildman–Crippen MR) is 94.1 cm³/mol. The van der Waals surface area contributed by atoms with Gasteiger partial charge in [-0.2, -0.15) is 0 Å². The molecule has 2 aromatic rings. The van der Waals surface area contributed by atoms with Gasteiger partial charge in [0, 0.05) is 24.6 Å². The number of carbonyl (C=O) groups excluding carboxylic acids is 1.